The number of nitrogens with one attached hydrogen (secondary N) is 5. The molecule has 2 aromatic carbocycles. The molecule has 0 spiro atoms. The molecule has 522 valence electrons. The van der Waals surface area contributed by atoms with Gasteiger partial charge < -0.3 is 78.2 Å². The molecule has 3 unspecified atom stereocenters. The number of anilines is 1. The molecule has 1 aliphatic carbocycles. The number of hydrogen-bond donors (Lipinski definition) is 10. The van der Waals surface area contributed by atoms with E-state index >= 15 is 0 Å². The highest BCUT2D eigenvalue weighted by atomic mass is 33.1. The van der Waals surface area contributed by atoms with E-state index in [-0.39, 0.29) is 87.2 Å². The molecule has 37 heteroatoms. The Morgan fingerprint density at radius 2 is 1.55 bits per heavy atom. The van der Waals surface area contributed by atoms with Crippen molar-refractivity contribution in [3.8, 4) is 34.4 Å². The molecule has 1 fully saturated rings. The summed E-state index contributed by atoms with van der Waals surface area (Å²) in [6.07, 6.45) is -2.36. The highest BCUT2D eigenvalue weighted by Gasteiger charge is 2.44. The van der Waals surface area contributed by atoms with Crippen LogP contribution in [-0.4, -0.2) is 167 Å². The van der Waals surface area contributed by atoms with Gasteiger partial charge in [-0.25, -0.2) is 38.2 Å². The smallest absolute Gasteiger partial charge is 0.478 e. The van der Waals surface area contributed by atoms with E-state index in [1.165, 1.54) is 22.9 Å². The predicted octanol–water partition coefficient (Wildman–Crippen LogP) is 7.29. The molecule has 1 saturated heterocycles. The van der Waals surface area contributed by atoms with E-state index in [4.69, 9.17) is 47.4 Å². The van der Waals surface area contributed by atoms with E-state index in [0.29, 0.717) is 78.3 Å². The van der Waals surface area contributed by atoms with Crippen molar-refractivity contribution in [2.75, 3.05) is 96.9 Å². The van der Waals surface area contributed by atoms with Gasteiger partial charge in [0.2, 0.25) is 0 Å². The largest absolute Gasteiger partial charge is 0.490 e. The molecular formula is C58H78N7O25P3S2. The first-order chi connectivity index (χ1) is 45.0. The van der Waals surface area contributed by atoms with Crippen molar-refractivity contribution in [2.45, 2.75) is 97.3 Å². The molecule has 3 heterocycles. The molecule has 32 nitrogen and oxygen atoms in total. The quantitative estimate of drug-likeness (QED) is 0.00355. The Kier molecular flexibility index (Phi) is 30.0. The van der Waals surface area contributed by atoms with Gasteiger partial charge in [0.15, 0.2) is 0 Å². The van der Waals surface area contributed by atoms with E-state index in [0.717, 1.165) is 32.9 Å². The minimum Gasteiger partial charge on any atom is -0.478 e. The number of carboxylic acids is 1. The van der Waals surface area contributed by atoms with E-state index in [1.54, 1.807) is 23.8 Å². The number of benzene rings is 3. The number of nitrogens with zero attached hydrogens (tertiary/aromatic N) is 2. The van der Waals surface area contributed by atoms with Crippen LogP contribution in [0.4, 0.5) is 15.3 Å². The third-order valence-electron chi connectivity index (χ3n) is 13.6. The van der Waals surface area contributed by atoms with Crippen molar-refractivity contribution in [1.29, 1.82) is 0 Å². The SMILES string of the molecule is CCN=c1cc2oc3cc(NCC)c(C)cc3c(-c3cc(C(=O)NCCOCCOCCNC(=O)OCCC(C)(C)SSCOCCCCOC(=O)NC#Cc4cn([C@H]5CC(OCC)[C@@H](COP(=O)(O)OP(=O)(O)OP(=O)(O)O)O5)c(=O)[nH]c4=O)ccc3C(=O)O)c-2cc1C. The molecule has 1 aromatic heterocycles. The second-order valence-electron chi connectivity index (χ2n) is 21.3. The molecule has 10 N–H and O–H groups in total. The molecule has 5 atom stereocenters. The number of fused-ring (bicyclic) bond motifs is 2. The molecule has 3 amide bonds. The average molecular weight is 1430 g/mol. The summed E-state index contributed by atoms with van der Waals surface area (Å²) < 4.78 is 92.8. The maximum atomic E-state index is 13.5. The molecule has 95 heavy (non-hydrogen) atoms. The molecular weight excluding hydrogens is 1350 g/mol. The van der Waals surface area contributed by atoms with Crippen LogP contribution in [0.5, 0.6) is 0 Å². The molecule has 3 aromatic rings. The van der Waals surface area contributed by atoms with Crippen LogP contribution in [-0.2, 0) is 60.0 Å². The van der Waals surface area contributed by atoms with E-state index in [9.17, 15) is 57.4 Å². The van der Waals surface area contributed by atoms with Gasteiger partial charge in [-0.15, -0.1) is 0 Å². The van der Waals surface area contributed by atoms with Crippen LogP contribution in [0.2, 0.25) is 0 Å². The lowest BCUT2D eigenvalue weighted by atomic mass is 9.88. The van der Waals surface area contributed by atoms with E-state index < -0.39 is 83.8 Å². The number of alkyl carbamates (subject to hydrolysis) is 2. The van der Waals surface area contributed by atoms with Crippen molar-refractivity contribution >= 4 is 85.8 Å². The van der Waals surface area contributed by atoms with Gasteiger partial charge in [-0.1, -0.05) is 21.6 Å². The number of carbonyl (C=O) groups is 4. The highest BCUT2D eigenvalue weighted by molar-refractivity contribution is 8.77. The number of rotatable bonds is 37. The third-order valence-corrected chi connectivity index (χ3v) is 20.4. The van der Waals surface area contributed by atoms with Crippen LogP contribution in [0.25, 0.3) is 33.4 Å². The number of phosphoric ester groups is 1. The summed E-state index contributed by atoms with van der Waals surface area (Å²) in [6, 6.07) is 14.5. The van der Waals surface area contributed by atoms with Crippen molar-refractivity contribution in [3.63, 3.8) is 0 Å². The Morgan fingerprint density at radius 1 is 0.832 bits per heavy atom. The minimum absolute atomic E-state index is 0.0165. The predicted molar refractivity (Wildman–Crippen MR) is 349 cm³/mol. The Balaban J connectivity index is 0.801. The first-order valence-electron chi connectivity index (χ1n) is 29.7. The molecule has 6 rings (SSSR count). The van der Waals surface area contributed by atoms with Gasteiger partial charge in [0.05, 0.1) is 63.3 Å². The summed E-state index contributed by atoms with van der Waals surface area (Å²) >= 11 is 0. The van der Waals surface area contributed by atoms with Crippen LogP contribution in [0.1, 0.15) is 104 Å². The summed E-state index contributed by atoms with van der Waals surface area (Å²) in [5.41, 5.74) is 3.05. The van der Waals surface area contributed by atoms with E-state index in [2.05, 4.69) is 56.4 Å². The zero-order chi connectivity index (χ0) is 69.5. The van der Waals surface area contributed by atoms with Gasteiger partial charge >= 0.3 is 47.3 Å². The van der Waals surface area contributed by atoms with Crippen molar-refractivity contribution < 1.29 is 108 Å². The number of carboxylic acid groups (broad SMARTS) is 1. The van der Waals surface area contributed by atoms with Crippen molar-refractivity contribution in [2.24, 2.45) is 4.99 Å². The monoisotopic (exact) mass is 1430 g/mol. The lowest BCUT2D eigenvalue weighted by molar-refractivity contribution is -0.0592. The number of amides is 3. The topological polar surface area (TPSA) is 441 Å². The second kappa shape index (κ2) is 36.8. The Bertz CT molecular complexity index is 3870. The number of unbranched alkanes of at least 4 members (excludes halogenated alkanes) is 1. The van der Waals surface area contributed by atoms with Gasteiger partial charge in [0, 0.05) is 103 Å². The van der Waals surface area contributed by atoms with Gasteiger partial charge in [-0.05, 0) is 121 Å². The van der Waals surface area contributed by atoms with Crippen LogP contribution < -0.4 is 37.9 Å². The molecule has 3 aliphatic rings. The first-order valence-corrected chi connectivity index (χ1v) is 36.6. The number of phosphoric acid groups is 3. The van der Waals surface area contributed by atoms with E-state index in [1.807, 2.05) is 65.8 Å². The zero-order valence-corrected chi connectivity index (χ0v) is 57.3. The fourth-order valence-corrected chi connectivity index (χ4v) is 14.6. The number of aromatic carboxylic acids is 1. The zero-order valence-electron chi connectivity index (χ0n) is 53.0. The van der Waals surface area contributed by atoms with Crippen LogP contribution >= 0.6 is 45.1 Å². The van der Waals surface area contributed by atoms with Crippen molar-refractivity contribution in [3.05, 3.63) is 103 Å². The van der Waals surface area contributed by atoms with Gasteiger partial charge in [0.25, 0.3) is 11.5 Å². The number of aromatic amines is 1. The Hall–Kier alpha value is -6.44. The molecule has 0 bridgehead atoms. The maximum absolute atomic E-state index is 13.5. The lowest BCUT2D eigenvalue weighted by Gasteiger charge is -2.22. The molecule has 0 radical (unpaired) electrons. The molecule has 2 aliphatic heterocycles. The lowest BCUT2D eigenvalue weighted by Crippen LogP contribution is -2.34. The third kappa shape index (κ3) is 24.9. The Morgan fingerprint density at radius 3 is 2.24 bits per heavy atom. The van der Waals surface area contributed by atoms with Gasteiger partial charge in [-0.3, -0.25) is 28.7 Å². The number of aryl methyl sites for hydroxylation is 2. The fourth-order valence-electron chi connectivity index (χ4n) is 9.25. The summed E-state index contributed by atoms with van der Waals surface area (Å²) in [7, 11) is -13.9. The maximum Gasteiger partial charge on any atom is 0.490 e. The standard InChI is InChI=1S/C58H78N7O25P3S2/c1-8-59-44-30-46-42(27-36(44)4)51(43-28-37(5)45(60-9-2)31-47(43)87-46)41-29-38(13-14-40(41)54(68)69)52(66)61-18-23-80-25-26-81-24-19-63-57(72)85-22-16-58(6,7)95-94-35-82-20-11-12-21-84-56(71)62-17-15-39-33-65(55(70)64-53(39)67)50-32-48(83-10-3)49(88-50)34-86-92(76,77)90-93(78,79)89-91(73,74)75/h13-14,27-31,33,48-50,59H,8-12,16,18-26,32,34-35H2,1-7H3,(H,61,66)(H,62,71)(H,63,72)(H,68,69)(H,76,77)(H,78,79)(H,64,67,70)(H2,73,74,75)/t48?,49-,50-/m1/s1. The van der Waals surface area contributed by atoms with Crippen LogP contribution in [0.3, 0.4) is 0 Å². The number of carbonyl (C=O) groups excluding carboxylic acids is 3. The fraction of sp³-hybridized carbons (Fsp3) is 0.500. The normalized spacial score (nSPS) is 16.4. The summed E-state index contributed by atoms with van der Waals surface area (Å²) in [6.45, 7) is 15.7. The van der Waals surface area contributed by atoms with Gasteiger partial charge in [-0.2, -0.15) is 8.62 Å². The average Bonchev–Trinajstić information content (AvgIpc) is 1.19. The Labute approximate surface area is 553 Å². The summed E-state index contributed by atoms with van der Waals surface area (Å²) in [5, 5.41) is 22.9. The van der Waals surface area contributed by atoms with Crippen LogP contribution in [0.15, 0.2) is 67.7 Å². The summed E-state index contributed by atoms with van der Waals surface area (Å²) in [4.78, 5) is 120. The first kappa shape index (κ1) is 77.6. The highest BCUT2D eigenvalue weighted by Crippen LogP contribution is 2.66. The molecule has 0 saturated carbocycles. The van der Waals surface area contributed by atoms with Gasteiger partial charge in [0.1, 0.15) is 35.2 Å². The van der Waals surface area contributed by atoms with Crippen molar-refractivity contribution in [1.82, 2.24) is 25.5 Å². The second-order valence-corrected chi connectivity index (χ2v) is 28.7. The number of ether oxygens (including phenoxy) is 7. The number of hydrogen-bond acceptors (Lipinski definition) is 24. The minimum atomic E-state index is -5.79. The summed E-state index contributed by atoms with van der Waals surface area (Å²) in [5.74, 6) is 1.73. The number of H-pyrrole nitrogens is 1. The van der Waals surface area contributed by atoms with Crippen LogP contribution in [0, 0.1) is 25.8 Å². The number of aromatic nitrogens is 2.